The Labute approximate surface area is 147 Å². The van der Waals surface area contributed by atoms with E-state index in [4.69, 9.17) is 11.6 Å². The second-order valence-corrected chi connectivity index (χ2v) is 6.56. The smallest absolute Gasteiger partial charge is 0.221 e. The summed E-state index contributed by atoms with van der Waals surface area (Å²) in [6.45, 7) is 5.29. The highest BCUT2D eigenvalue weighted by molar-refractivity contribution is 6.30. The van der Waals surface area contributed by atoms with Gasteiger partial charge in [0.1, 0.15) is 0 Å². The van der Waals surface area contributed by atoms with Crippen LogP contribution >= 0.6 is 11.6 Å². The molecule has 1 unspecified atom stereocenters. The highest BCUT2D eigenvalue weighted by atomic mass is 35.5. The summed E-state index contributed by atoms with van der Waals surface area (Å²) in [4.78, 5) is 13.6. The number of halogens is 1. The molecule has 2 aromatic carbocycles. The molecule has 3 rings (SSSR count). The van der Waals surface area contributed by atoms with Crippen molar-refractivity contribution in [3.63, 3.8) is 0 Å². The third kappa shape index (κ3) is 4.35. The quantitative estimate of drug-likeness (QED) is 0.893. The van der Waals surface area contributed by atoms with Gasteiger partial charge in [-0.2, -0.15) is 0 Å². The van der Waals surface area contributed by atoms with Crippen molar-refractivity contribution in [1.29, 1.82) is 0 Å². The van der Waals surface area contributed by atoms with Crippen molar-refractivity contribution in [2.75, 3.05) is 25.0 Å². The molecule has 1 heterocycles. The Kier molecular flexibility index (Phi) is 5.51. The molecular formula is C19H22ClN3O. The zero-order valence-corrected chi connectivity index (χ0v) is 14.5. The van der Waals surface area contributed by atoms with E-state index in [1.165, 1.54) is 18.1 Å². The lowest BCUT2D eigenvalue weighted by atomic mass is 10.0. The molecule has 1 fully saturated rings. The first-order valence-electron chi connectivity index (χ1n) is 8.18. The van der Waals surface area contributed by atoms with Crippen molar-refractivity contribution in [3.05, 3.63) is 64.7 Å². The Morgan fingerprint density at radius 1 is 1.29 bits per heavy atom. The standard InChI is InChI=1S/C19H22ClN3O/c1-14(24)22-18-7-5-15(6-8-18)13-23-10-9-21-12-19(23)16-3-2-4-17(20)11-16/h2-8,11,19,21H,9-10,12-13H2,1H3,(H,22,24). The number of hydrogen-bond donors (Lipinski definition) is 2. The topological polar surface area (TPSA) is 44.4 Å². The lowest BCUT2D eigenvalue weighted by Crippen LogP contribution is -2.45. The largest absolute Gasteiger partial charge is 0.326 e. The Hall–Kier alpha value is -1.88. The van der Waals surface area contributed by atoms with Gasteiger partial charge in [0.15, 0.2) is 0 Å². The van der Waals surface area contributed by atoms with Crippen LogP contribution in [0.5, 0.6) is 0 Å². The van der Waals surface area contributed by atoms with Crippen molar-refractivity contribution in [2.24, 2.45) is 0 Å². The van der Waals surface area contributed by atoms with Gasteiger partial charge in [0.2, 0.25) is 5.91 Å². The highest BCUT2D eigenvalue weighted by Gasteiger charge is 2.23. The third-order valence-corrected chi connectivity index (χ3v) is 4.48. The summed E-state index contributed by atoms with van der Waals surface area (Å²) >= 11 is 6.16. The predicted octanol–water partition coefficient (Wildman–Crippen LogP) is 3.44. The fourth-order valence-corrected chi connectivity index (χ4v) is 3.31. The fourth-order valence-electron chi connectivity index (χ4n) is 3.11. The molecular weight excluding hydrogens is 322 g/mol. The van der Waals surface area contributed by atoms with Crippen molar-refractivity contribution in [2.45, 2.75) is 19.5 Å². The molecule has 1 saturated heterocycles. The average molecular weight is 344 g/mol. The van der Waals surface area contributed by atoms with E-state index in [-0.39, 0.29) is 5.91 Å². The van der Waals surface area contributed by atoms with Crippen LogP contribution in [-0.2, 0) is 11.3 Å². The van der Waals surface area contributed by atoms with Gasteiger partial charge in [-0.05, 0) is 35.4 Å². The molecule has 0 aromatic heterocycles. The van der Waals surface area contributed by atoms with E-state index in [2.05, 4.69) is 33.7 Å². The molecule has 0 saturated carbocycles. The molecule has 1 aliphatic heterocycles. The molecule has 1 amide bonds. The summed E-state index contributed by atoms with van der Waals surface area (Å²) in [5.74, 6) is -0.0501. The summed E-state index contributed by atoms with van der Waals surface area (Å²) < 4.78 is 0. The number of hydrogen-bond acceptors (Lipinski definition) is 3. The number of rotatable bonds is 4. The van der Waals surface area contributed by atoms with Crippen LogP contribution in [0.2, 0.25) is 5.02 Å². The zero-order chi connectivity index (χ0) is 16.9. The molecule has 2 aromatic rings. The summed E-state index contributed by atoms with van der Waals surface area (Å²) in [5.41, 5.74) is 3.31. The second-order valence-electron chi connectivity index (χ2n) is 6.12. The highest BCUT2D eigenvalue weighted by Crippen LogP contribution is 2.26. The molecule has 126 valence electrons. The average Bonchev–Trinajstić information content (AvgIpc) is 2.57. The first kappa shape index (κ1) is 17.0. The summed E-state index contributed by atoms with van der Waals surface area (Å²) in [5, 5.41) is 7.04. The van der Waals surface area contributed by atoms with Crippen molar-refractivity contribution in [1.82, 2.24) is 10.2 Å². The summed E-state index contributed by atoms with van der Waals surface area (Å²) in [6, 6.07) is 16.5. The molecule has 0 spiro atoms. The van der Waals surface area contributed by atoms with E-state index < -0.39 is 0 Å². The molecule has 2 N–H and O–H groups in total. The first-order valence-corrected chi connectivity index (χ1v) is 8.56. The molecule has 0 aliphatic carbocycles. The maximum Gasteiger partial charge on any atom is 0.221 e. The van der Waals surface area contributed by atoms with Crippen LogP contribution in [0.15, 0.2) is 48.5 Å². The van der Waals surface area contributed by atoms with Crippen molar-refractivity contribution < 1.29 is 4.79 Å². The van der Waals surface area contributed by atoms with E-state index >= 15 is 0 Å². The van der Waals surface area contributed by atoms with E-state index in [1.807, 2.05) is 30.3 Å². The molecule has 0 radical (unpaired) electrons. The van der Waals surface area contributed by atoms with Gasteiger partial charge >= 0.3 is 0 Å². The number of carbonyl (C=O) groups excluding carboxylic acids is 1. The zero-order valence-electron chi connectivity index (χ0n) is 13.8. The van der Waals surface area contributed by atoms with Gasteiger partial charge in [-0.25, -0.2) is 0 Å². The van der Waals surface area contributed by atoms with E-state index in [0.29, 0.717) is 6.04 Å². The number of benzene rings is 2. The summed E-state index contributed by atoms with van der Waals surface area (Å²) in [7, 11) is 0. The summed E-state index contributed by atoms with van der Waals surface area (Å²) in [6.07, 6.45) is 0. The van der Waals surface area contributed by atoms with E-state index in [0.717, 1.165) is 36.9 Å². The minimum Gasteiger partial charge on any atom is -0.326 e. The molecule has 0 bridgehead atoms. The Balaban J connectivity index is 1.73. The lowest BCUT2D eigenvalue weighted by molar-refractivity contribution is -0.114. The Morgan fingerprint density at radius 2 is 2.08 bits per heavy atom. The van der Waals surface area contributed by atoms with Gasteiger partial charge in [-0.15, -0.1) is 0 Å². The van der Waals surface area contributed by atoms with Crippen LogP contribution < -0.4 is 10.6 Å². The number of anilines is 1. The van der Waals surface area contributed by atoms with Crippen LogP contribution in [-0.4, -0.2) is 30.4 Å². The van der Waals surface area contributed by atoms with Gasteiger partial charge in [0.05, 0.1) is 0 Å². The van der Waals surface area contributed by atoms with Crippen LogP contribution in [0.25, 0.3) is 0 Å². The van der Waals surface area contributed by atoms with Crippen LogP contribution in [0.1, 0.15) is 24.1 Å². The van der Waals surface area contributed by atoms with Crippen molar-refractivity contribution >= 4 is 23.2 Å². The molecule has 1 aliphatic rings. The SMILES string of the molecule is CC(=O)Nc1ccc(CN2CCNCC2c2cccc(Cl)c2)cc1. The van der Waals surface area contributed by atoms with E-state index in [1.54, 1.807) is 0 Å². The maximum absolute atomic E-state index is 11.1. The molecule has 4 nitrogen and oxygen atoms in total. The number of amides is 1. The number of carbonyl (C=O) groups is 1. The van der Waals surface area contributed by atoms with Gasteiger partial charge in [0, 0.05) is 49.9 Å². The Morgan fingerprint density at radius 3 is 2.79 bits per heavy atom. The third-order valence-electron chi connectivity index (χ3n) is 4.25. The van der Waals surface area contributed by atoms with Gasteiger partial charge < -0.3 is 10.6 Å². The molecule has 24 heavy (non-hydrogen) atoms. The second kappa shape index (κ2) is 7.79. The number of nitrogens with one attached hydrogen (secondary N) is 2. The van der Waals surface area contributed by atoms with Crippen LogP contribution in [0.3, 0.4) is 0 Å². The van der Waals surface area contributed by atoms with E-state index in [9.17, 15) is 4.79 Å². The maximum atomic E-state index is 11.1. The van der Waals surface area contributed by atoms with Crippen LogP contribution in [0.4, 0.5) is 5.69 Å². The number of piperazine rings is 1. The monoisotopic (exact) mass is 343 g/mol. The minimum atomic E-state index is -0.0501. The lowest BCUT2D eigenvalue weighted by Gasteiger charge is -2.36. The van der Waals surface area contributed by atoms with Gasteiger partial charge in [0.25, 0.3) is 0 Å². The first-order chi connectivity index (χ1) is 11.6. The minimum absolute atomic E-state index is 0.0501. The Bertz CT molecular complexity index is 702. The molecule has 1 atom stereocenters. The number of nitrogens with zero attached hydrogens (tertiary/aromatic N) is 1. The van der Waals surface area contributed by atoms with Gasteiger partial charge in [-0.1, -0.05) is 35.9 Å². The van der Waals surface area contributed by atoms with Crippen molar-refractivity contribution in [3.8, 4) is 0 Å². The molecule has 5 heteroatoms. The normalized spacial score (nSPS) is 18.3. The predicted molar refractivity (Wildman–Crippen MR) is 98.2 cm³/mol. The van der Waals surface area contributed by atoms with Crippen LogP contribution in [0, 0.1) is 0 Å². The van der Waals surface area contributed by atoms with Gasteiger partial charge in [-0.3, -0.25) is 9.69 Å². The fraction of sp³-hybridized carbons (Fsp3) is 0.316.